The second kappa shape index (κ2) is 6.40. The van der Waals surface area contributed by atoms with Crippen LogP contribution >= 0.6 is 0 Å². The Hall–Kier alpha value is -1.55. The van der Waals surface area contributed by atoms with Crippen molar-refractivity contribution < 1.29 is 14.6 Å². The van der Waals surface area contributed by atoms with Crippen molar-refractivity contribution in [1.29, 1.82) is 0 Å². The first-order valence-corrected chi connectivity index (χ1v) is 6.01. The summed E-state index contributed by atoms with van der Waals surface area (Å²) in [5.41, 5.74) is 0.274. The highest BCUT2D eigenvalue weighted by molar-refractivity contribution is 5.96. The number of amides is 1. The molecule has 0 radical (unpaired) electrons. The molecule has 1 aromatic carbocycles. The number of phenols is 1. The largest absolute Gasteiger partial charge is 0.507 e. The Kier molecular flexibility index (Phi) is 5.16. The van der Waals surface area contributed by atoms with Gasteiger partial charge in [0.1, 0.15) is 5.75 Å². The van der Waals surface area contributed by atoms with Gasteiger partial charge in [-0.05, 0) is 24.0 Å². The number of nitrogens with one attached hydrogen (secondary N) is 1. The van der Waals surface area contributed by atoms with Crippen molar-refractivity contribution in [1.82, 2.24) is 5.32 Å². The second-order valence-corrected chi connectivity index (χ2v) is 5.11. The minimum Gasteiger partial charge on any atom is -0.507 e. The van der Waals surface area contributed by atoms with Crippen LogP contribution in [0.4, 0.5) is 0 Å². The van der Waals surface area contributed by atoms with Crippen LogP contribution in [0.25, 0.3) is 0 Å². The summed E-state index contributed by atoms with van der Waals surface area (Å²) in [6.07, 6.45) is 0.866. The lowest BCUT2D eigenvalue weighted by molar-refractivity contribution is 0.0918. The second-order valence-electron chi connectivity index (χ2n) is 5.11. The Morgan fingerprint density at radius 1 is 1.39 bits per heavy atom. The summed E-state index contributed by atoms with van der Waals surface area (Å²) in [7, 11) is 1.66. The number of benzene rings is 1. The van der Waals surface area contributed by atoms with E-state index in [1.165, 1.54) is 6.07 Å². The SMILES string of the molecule is COCCC(C)(C)CNC(=O)c1ccccc1O. The van der Waals surface area contributed by atoms with Crippen LogP contribution in [0, 0.1) is 5.41 Å². The standard InChI is InChI=1S/C14H21NO3/c1-14(2,8-9-18-3)10-15-13(17)11-6-4-5-7-12(11)16/h4-7,16H,8-10H2,1-3H3,(H,15,17). The number of rotatable bonds is 6. The van der Waals surface area contributed by atoms with Crippen LogP contribution in [0.2, 0.25) is 0 Å². The fourth-order valence-electron chi connectivity index (χ4n) is 1.55. The number of carbonyl (C=O) groups is 1. The molecule has 0 saturated heterocycles. The van der Waals surface area contributed by atoms with Crippen LogP contribution in [0.3, 0.4) is 0 Å². The Morgan fingerprint density at radius 2 is 2.06 bits per heavy atom. The van der Waals surface area contributed by atoms with Crippen LogP contribution in [0.5, 0.6) is 5.75 Å². The van der Waals surface area contributed by atoms with Gasteiger partial charge in [0.15, 0.2) is 0 Å². The van der Waals surface area contributed by atoms with Crippen molar-refractivity contribution in [2.24, 2.45) is 5.41 Å². The molecular weight excluding hydrogens is 230 g/mol. The molecular formula is C14H21NO3. The van der Waals surface area contributed by atoms with Crippen LogP contribution in [-0.2, 0) is 4.74 Å². The minimum atomic E-state index is -0.251. The first-order valence-electron chi connectivity index (χ1n) is 6.01. The van der Waals surface area contributed by atoms with Crippen molar-refractivity contribution in [2.45, 2.75) is 20.3 Å². The number of phenolic OH excluding ortho intramolecular Hbond substituents is 1. The van der Waals surface area contributed by atoms with E-state index in [1.807, 2.05) is 0 Å². The third kappa shape index (κ3) is 4.37. The highest BCUT2D eigenvalue weighted by atomic mass is 16.5. The first kappa shape index (κ1) is 14.5. The highest BCUT2D eigenvalue weighted by Gasteiger charge is 2.19. The zero-order valence-corrected chi connectivity index (χ0v) is 11.2. The van der Waals surface area contributed by atoms with Gasteiger partial charge in [0.05, 0.1) is 5.56 Å². The molecule has 0 aliphatic rings. The summed E-state index contributed by atoms with van der Waals surface area (Å²) in [6.45, 7) is 5.34. The van der Waals surface area contributed by atoms with E-state index in [2.05, 4.69) is 19.2 Å². The van der Waals surface area contributed by atoms with E-state index in [4.69, 9.17) is 4.74 Å². The first-order chi connectivity index (χ1) is 8.46. The molecule has 1 aromatic rings. The molecule has 0 unspecified atom stereocenters. The van der Waals surface area contributed by atoms with E-state index >= 15 is 0 Å². The van der Waals surface area contributed by atoms with Crippen LogP contribution in [0.1, 0.15) is 30.6 Å². The number of hydrogen-bond donors (Lipinski definition) is 2. The molecule has 0 spiro atoms. The van der Waals surface area contributed by atoms with E-state index in [0.29, 0.717) is 18.7 Å². The number of para-hydroxylation sites is 1. The number of ether oxygens (including phenoxy) is 1. The van der Waals surface area contributed by atoms with Gasteiger partial charge < -0.3 is 15.2 Å². The predicted octanol–water partition coefficient (Wildman–Crippen LogP) is 2.18. The van der Waals surface area contributed by atoms with E-state index in [-0.39, 0.29) is 17.1 Å². The summed E-state index contributed by atoms with van der Waals surface area (Å²) in [5, 5.41) is 12.4. The predicted molar refractivity (Wildman–Crippen MR) is 70.7 cm³/mol. The lowest BCUT2D eigenvalue weighted by Gasteiger charge is -2.24. The Bertz CT molecular complexity index is 402. The van der Waals surface area contributed by atoms with Crippen LogP contribution in [0.15, 0.2) is 24.3 Å². The van der Waals surface area contributed by atoms with Gasteiger partial charge in [-0.25, -0.2) is 0 Å². The molecule has 0 heterocycles. The van der Waals surface area contributed by atoms with Crippen molar-refractivity contribution >= 4 is 5.91 Å². The molecule has 18 heavy (non-hydrogen) atoms. The Labute approximate surface area is 108 Å². The van der Waals surface area contributed by atoms with Gasteiger partial charge in [0.2, 0.25) is 0 Å². The average Bonchev–Trinajstić information content (AvgIpc) is 2.34. The van der Waals surface area contributed by atoms with Gasteiger partial charge >= 0.3 is 0 Å². The molecule has 1 rings (SSSR count). The molecule has 100 valence electrons. The topological polar surface area (TPSA) is 58.6 Å². The molecule has 0 fully saturated rings. The average molecular weight is 251 g/mol. The fraction of sp³-hybridized carbons (Fsp3) is 0.500. The summed E-state index contributed by atoms with van der Waals surface area (Å²) in [5.74, 6) is -0.247. The van der Waals surface area contributed by atoms with Gasteiger partial charge in [0.25, 0.3) is 5.91 Å². The molecule has 0 aromatic heterocycles. The Morgan fingerprint density at radius 3 is 2.67 bits per heavy atom. The van der Waals surface area contributed by atoms with Crippen molar-refractivity contribution in [3.63, 3.8) is 0 Å². The monoisotopic (exact) mass is 251 g/mol. The van der Waals surface area contributed by atoms with Gasteiger partial charge in [-0.2, -0.15) is 0 Å². The highest BCUT2D eigenvalue weighted by Crippen LogP contribution is 2.20. The van der Waals surface area contributed by atoms with Crippen LogP contribution in [-0.4, -0.2) is 31.3 Å². The van der Waals surface area contributed by atoms with Crippen molar-refractivity contribution in [2.75, 3.05) is 20.3 Å². The molecule has 1 amide bonds. The molecule has 0 atom stereocenters. The summed E-state index contributed by atoms with van der Waals surface area (Å²) in [4.78, 5) is 11.9. The fourth-order valence-corrected chi connectivity index (χ4v) is 1.55. The number of aromatic hydroxyl groups is 1. The van der Waals surface area contributed by atoms with E-state index in [9.17, 15) is 9.90 Å². The van der Waals surface area contributed by atoms with E-state index in [0.717, 1.165) is 6.42 Å². The molecule has 2 N–H and O–H groups in total. The van der Waals surface area contributed by atoms with E-state index < -0.39 is 0 Å². The maximum Gasteiger partial charge on any atom is 0.255 e. The molecule has 4 heteroatoms. The maximum atomic E-state index is 11.9. The van der Waals surface area contributed by atoms with Crippen LogP contribution < -0.4 is 5.32 Å². The number of carbonyl (C=O) groups excluding carboxylic acids is 1. The smallest absolute Gasteiger partial charge is 0.255 e. The number of hydrogen-bond acceptors (Lipinski definition) is 3. The quantitative estimate of drug-likeness (QED) is 0.814. The summed E-state index contributed by atoms with van der Waals surface area (Å²) in [6, 6.07) is 6.52. The van der Waals surface area contributed by atoms with Gasteiger partial charge in [-0.1, -0.05) is 26.0 Å². The van der Waals surface area contributed by atoms with Crippen molar-refractivity contribution in [3.8, 4) is 5.75 Å². The molecule has 0 aliphatic carbocycles. The summed E-state index contributed by atoms with van der Waals surface area (Å²) < 4.78 is 5.04. The third-order valence-electron chi connectivity index (χ3n) is 2.86. The zero-order chi connectivity index (χ0) is 13.6. The molecule has 0 aliphatic heterocycles. The minimum absolute atomic E-state index is 0.00435. The number of methoxy groups -OCH3 is 1. The molecule has 0 saturated carbocycles. The molecule has 0 bridgehead atoms. The summed E-state index contributed by atoms with van der Waals surface area (Å²) >= 11 is 0. The van der Waals surface area contributed by atoms with E-state index in [1.54, 1.807) is 25.3 Å². The van der Waals surface area contributed by atoms with Crippen molar-refractivity contribution in [3.05, 3.63) is 29.8 Å². The van der Waals surface area contributed by atoms with Gasteiger partial charge in [-0.15, -0.1) is 0 Å². The maximum absolute atomic E-state index is 11.9. The van der Waals surface area contributed by atoms with Gasteiger partial charge in [-0.3, -0.25) is 4.79 Å². The zero-order valence-electron chi connectivity index (χ0n) is 11.2. The van der Waals surface area contributed by atoms with Gasteiger partial charge in [0, 0.05) is 20.3 Å². The third-order valence-corrected chi connectivity index (χ3v) is 2.86. The molecule has 4 nitrogen and oxygen atoms in total. The lowest BCUT2D eigenvalue weighted by atomic mass is 9.89. The Balaban J connectivity index is 2.54. The normalized spacial score (nSPS) is 11.3. The lowest BCUT2D eigenvalue weighted by Crippen LogP contribution is -2.34.